The van der Waals surface area contributed by atoms with Crippen molar-refractivity contribution in [2.24, 2.45) is 0 Å². The number of anilines is 6. The Labute approximate surface area is 310 Å². The van der Waals surface area contributed by atoms with E-state index in [1.807, 2.05) is 36.4 Å². The average Bonchev–Trinajstić information content (AvgIpc) is 3.46. The highest BCUT2D eigenvalue weighted by Gasteiger charge is 2.53. The number of benzene rings is 7. The van der Waals surface area contributed by atoms with Crippen LogP contribution in [0, 0.1) is 27.7 Å². The number of aryl methyl sites for hydroxylation is 4. The van der Waals surface area contributed by atoms with Crippen molar-refractivity contribution in [2.75, 3.05) is 9.80 Å². The molecular weight excluding hydrogens is 653 g/mol. The molecule has 2 aliphatic heterocycles. The zero-order valence-electron chi connectivity index (χ0n) is 30.1. The molecule has 0 fully saturated rings. The van der Waals surface area contributed by atoms with Crippen molar-refractivity contribution in [3.05, 3.63) is 202 Å². The maximum absolute atomic E-state index is 13.7. The van der Waals surface area contributed by atoms with E-state index in [0.717, 1.165) is 61.9 Å². The van der Waals surface area contributed by atoms with Gasteiger partial charge in [-0.15, -0.1) is 0 Å². The van der Waals surface area contributed by atoms with Gasteiger partial charge in [-0.25, -0.2) is 4.79 Å². The fourth-order valence-corrected chi connectivity index (χ4v) is 8.05. The molecule has 1 spiro atoms. The van der Waals surface area contributed by atoms with Crippen LogP contribution in [-0.4, -0.2) is 5.97 Å². The van der Waals surface area contributed by atoms with Crippen molar-refractivity contribution < 1.29 is 14.3 Å². The predicted octanol–water partition coefficient (Wildman–Crippen LogP) is 12.4. The van der Waals surface area contributed by atoms with E-state index in [1.54, 1.807) is 0 Å². The summed E-state index contributed by atoms with van der Waals surface area (Å²) in [6, 6.07) is 53.9. The number of fused-ring (bicyclic) bond motifs is 6. The van der Waals surface area contributed by atoms with Crippen molar-refractivity contribution >= 4 is 40.1 Å². The molecule has 5 heteroatoms. The smallest absolute Gasteiger partial charge is 0.340 e. The Morgan fingerprint density at radius 1 is 0.453 bits per heavy atom. The predicted molar refractivity (Wildman–Crippen MR) is 213 cm³/mol. The van der Waals surface area contributed by atoms with E-state index in [9.17, 15) is 4.79 Å². The van der Waals surface area contributed by atoms with Crippen LogP contribution in [0.15, 0.2) is 158 Å². The normalized spacial score (nSPS) is 13.4. The number of hydrogen-bond acceptors (Lipinski definition) is 5. The van der Waals surface area contributed by atoms with Gasteiger partial charge in [-0.05, 0) is 106 Å². The van der Waals surface area contributed by atoms with E-state index in [-0.39, 0.29) is 5.97 Å². The van der Waals surface area contributed by atoms with E-state index >= 15 is 0 Å². The van der Waals surface area contributed by atoms with Gasteiger partial charge in [-0.3, -0.25) is 0 Å². The second-order valence-corrected chi connectivity index (χ2v) is 14.0. The van der Waals surface area contributed by atoms with Crippen LogP contribution in [0.5, 0.6) is 11.5 Å². The van der Waals surface area contributed by atoms with E-state index < -0.39 is 5.60 Å². The summed E-state index contributed by atoms with van der Waals surface area (Å²) in [5.74, 6) is 0.898. The zero-order chi connectivity index (χ0) is 36.3. The molecule has 0 unspecified atom stereocenters. The molecule has 258 valence electrons. The molecule has 7 aromatic carbocycles. The molecule has 0 aliphatic carbocycles. The first-order valence-electron chi connectivity index (χ1n) is 18.0. The Hall–Kier alpha value is -6.59. The fraction of sp³-hybridized carbons (Fsp3) is 0.104. The van der Waals surface area contributed by atoms with Crippen molar-refractivity contribution in [3.8, 4) is 11.5 Å². The second kappa shape index (κ2) is 12.6. The van der Waals surface area contributed by atoms with Gasteiger partial charge in [0.05, 0.1) is 5.56 Å². The molecule has 0 saturated heterocycles. The SMILES string of the molecule is Cc1ccc(N(c2ccccc2)c2ccc3c(c2)Oc2cc(N(c4ccccc4)c4ccc(C)cc4C)ccc2C32OC(=O)c3ccccc32)c(C)c1. The summed E-state index contributed by atoms with van der Waals surface area (Å²) >= 11 is 0. The van der Waals surface area contributed by atoms with Crippen LogP contribution in [0.1, 0.15) is 49.3 Å². The van der Waals surface area contributed by atoms with E-state index in [2.05, 4.69) is 159 Å². The molecule has 5 nitrogen and oxygen atoms in total. The molecular formula is C48H38N2O3. The minimum Gasteiger partial charge on any atom is -0.456 e. The lowest BCUT2D eigenvalue weighted by Gasteiger charge is -2.38. The number of ether oxygens (including phenoxy) is 2. The summed E-state index contributed by atoms with van der Waals surface area (Å²) in [6.07, 6.45) is 0. The van der Waals surface area contributed by atoms with Crippen LogP contribution < -0.4 is 14.5 Å². The Kier molecular flexibility index (Phi) is 7.67. The first-order chi connectivity index (χ1) is 25.8. The number of para-hydroxylation sites is 2. The van der Waals surface area contributed by atoms with Crippen LogP contribution in [0.2, 0.25) is 0 Å². The van der Waals surface area contributed by atoms with Crippen molar-refractivity contribution in [3.63, 3.8) is 0 Å². The number of carbonyl (C=O) groups excluding carboxylic acids is 1. The lowest BCUT2D eigenvalue weighted by molar-refractivity contribution is 0.0224. The summed E-state index contributed by atoms with van der Waals surface area (Å²) in [7, 11) is 0. The first kappa shape index (κ1) is 32.3. The summed E-state index contributed by atoms with van der Waals surface area (Å²) in [5, 5.41) is 0. The quantitative estimate of drug-likeness (QED) is 0.163. The van der Waals surface area contributed by atoms with Crippen molar-refractivity contribution in [2.45, 2.75) is 33.3 Å². The van der Waals surface area contributed by atoms with E-state index in [0.29, 0.717) is 17.1 Å². The van der Waals surface area contributed by atoms with Crippen LogP contribution in [-0.2, 0) is 10.3 Å². The first-order valence-corrected chi connectivity index (χ1v) is 18.0. The molecule has 0 saturated carbocycles. The molecule has 0 aromatic heterocycles. The Morgan fingerprint density at radius 2 is 0.925 bits per heavy atom. The molecule has 7 aromatic rings. The summed E-state index contributed by atoms with van der Waals surface area (Å²) in [5.41, 5.74) is 12.5. The third kappa shape index (κ3) is 5.27. The van der Waals surface area contributed by atoms with Crippen molar-refractivity contribution in [1.29, 1.82) is 0 Å². The van der Waals surface area contributed by atoms with Crippen molar-refractivity contribution in [1.82, 2.24) is 0 Å². The maximum atomic E-state index is 13.7. The molecule has 0 N–H and O–H groups in total. The topological polar surface area (TPSA) is 42.0 Å². The van der Waals surface area contributed by atoms with Gasteiger partial charge in [0, 0.05) is 62.9 Å². The lowest BCUT2D eigenvalue weighted by Crippen LogP contribution is -2.33. The highest BCUT2D eigenvalue weighted by atomic mass is 16.6. The standard InChI is InChI=1S/C48H38N2O3/c1-31-19-25-43(33(3)27-31)49(35-13-7-5-8-14-35)37-21-23-41-45(29-37)52-46-30-38(22-24-42(46)48(41)40-18-12-11-17-39(40)47(51)53-48)50(36-15-9-6-10-16-36)44-26-20-32(2)28-34(44)4/h5-30H,1-4H3. The molecule has 2 heterocycles. The highest BCUT2D eigenvalue weighted by Crippen LogP contribution is 2.58. The van der Waals surface area contributed by atoms with Crippen LogP contribution in [0.4, 0.5) is 34.1 Å². The highest BCUT2D eigenvalue weighted by molar-refractivity contribution is 5.97. The fourth-order valence-electron chi connectivity index (χ4n) is 8.05. The van der Waals surface area contributed by atoms with Gasteiger partial charge in [0.2, 0.25) is 0 Å². The summed E-state index contributed by atoms with van der Waals surface area (Å²) < 4.78 is 13.6. The molecule has 0 bridgehead atoms. The summed E-state index contributed by atoms with van der Waals surface area (Å²) in [4.78, 5) is 18.2. The van der Waals surface area contributed by atoms with Crippen LogP contribution >= 0.6 is 0 Å². The third-order valence-electron chi connectivity index (χ3n) is 10.4. The molecule has 0 atom stereocenters. The van der Waals surface area contributed by atoms with Gasteiger partial charge in [0.25, 0.3) is 0 Å². The molecule has 9 rings (SSSR count). The Balaban J connectivity index is 1.26. The Bertz CT molecular complexity index is 2400. The van der Waals surface area contributed by atoms with Crippen LogP contribution in [0.25, 0.3) is 0 Å². The van der Waals surface area contributed by atoms with Gasteiger partial charge in [-0.1, -0.05) is 90.0 Å². The van der Waals surface area contributed by atoms with Gasteiger partial charge in [-0.2, -0.15) is 0 Å². The second-order valence-electron chi connectivity index (χ2n) is 14.0. The average molecular weight is 691 g/mol. The summed E-state index contributed by atoms with van der Waals surface area (Å²) in [6.45, 7) is 8.51. The van der Waals surface area contributed by atoms with Gasteiger partial charge >= 0.3 is 5.97 Å². The maximum Gasteiger partial charge on any atom is 0.340 e. The number of nitrogens with zero attached hydrogens (tertiary/aromatic N) is 2. The monoisotopic (exact) mass is 690 g/mol. The Morgan fingerprint density at radius 3 is 1.42 bits per heavy atom. The van der Waals surface area contributed by atoms with Gasteiger partial charge in [0.15, 0.2) is 5.60 Å². The number of esters is 1. The molecule has 0 radical (unpaired) electrons. The minimum atomic E-state index is -1.19. The van der Waals surface area contributed by atoms with Gasteiger partial charge < -0.3 is 19.3 Å². The number of hydrogen-bond donors (Lipinski definition) is 0. The zero-order valence-corrected chi connectivity index (χ0v) is 30.1. The number of rotatable bonds is 6. The largest absolute Gasteiger partial charge is 0.456 e. The van der Waals surface area contributed by atoms with E-state index in [1.165, 1.54) is 11.1 Å². The van der Waals surface area contributed by atoms with Gasteiger partial charge in [0.1, 0.15) is 11.5 Å². The van der Waals surface area contributed by atoms with Crippen LogP contribution in [0.3, 0.4) is 0 Å². The molecule has 0 amide bonds. The van der Waals surface area contributed by atoms with E-state index in [4.69, 9.17) is 9.47 Å². The lowest BCUT2D eigenvalue weighted by atomic mass is 9.77. The minimum absolute atomic E-state index is 0.352. The third-order valence-corrected chi connectivity index (χ3v) is 10.4. The molecule has 53 heavy (non-hydrogen) atoms. The molecule has 2 aliphatic rings. The number of carbonyl (C=O) groups is 1.